The molecule has 0 radical (unpaired) electrons. The van der Waals surface area contributed by atoms with Crippen molar-refractivity contribution < 1.29 is 14.3 Å². The molecule has 0 aromatic heterocycles. The van der Waals surface area contributed by atoms with Crippen LogP contribution in [-0.4, -0.2) is 29.9 Å². The third-order valence-corrected chi connectivity index (χ3v) is 3.97. The maximum Gasteiger partial charge on any atom is 0.338 e. The third kappa shape index (κ3) is 3.97. The smallest absolute Gasteiger partial charge is 0.338 e. The SMILES string of the molecule is O=C(OC[C@H]1CC(=O)N(Cc2ccccc2)C1)c1ccccc1. The molecule has 0 N–H and O–H groups in total. The van der Waals surface area contributed by atoms with Crippen LogP contribution in [0.4, 0.5) is 0 Å². The molecule has 3 rings (SSSR count). The summed E-state index contributed by atoms with van der Waals surface area (Å²) >= 11 is 0. The Morgan fingerprint density at radius 3 is 2.39 bits per heavy atom. The Labute approximate surface area is 135 Å². The van der Waals surface area contributed by atoms with Gasteiger partial charge in [-0.05, 0) is 17.7 Å². The van der Waals surface area contributed by atoms with Gasteiger partial charge in [0.15, 0.2) is 0 Å². The van der Waals surface area contributed by atoms with Crippen LogP contribution in [0.25, 0.3) is 0 Å². The number of hydrogen-bond donors (Lipinski definition) is 0. The van der Waals surface area contributed by atoms with Crippen LogP contribution < -0.4 is 0 Å². The molecular weight excluding hydrogens is 290 g/mol. The molecule has 0 unspecified atom stereocenters. The fourth-order valence-electron chi connectivity index (χ4n) is 2.77. The van der Waals surface area contributed by atoms with Gasteiger partial charge in [-0.2, -0.15) is 0 Å². The van der Waals surface area contributed by atoms with Crippen LogP contribution in [0.2, 0.25) is 0 Å². The fourth-order valence-corrected chi connectivity index (χ4v) is 2.77. The zero-order chi connectivity index (χ0) is 16.1. The van der Waals surface area contributed by atoms with E-state index in [2.05, 4.69) is 0 Å². The van der Waals surface area contributed by atoms with Crippen molar-refractivity contribution >= 4 is 11.9 Å². The van der Waals surface area contributed by atoms with E-state index in [4.69, 9.17) is 4.74 Å². The summed E-state index contributed by atoms with van der Waals surface area (Å²) in [6, 6.07) is 18.8. The van der Waals surface area contributed by atoms with E-state index < -0.39 is 0 Å². The van der Waals surface area contributed by atoms with E-state index in [0.717, 1.165) is 5.56 Å². The first-order chi connectivity index (χ1) is 11.2. The molecule has 0 aliphatic carbocycles. The largest absolute Gasteiger partial charge is 0.462 e. The van der Waals surface area contributed by atoms with Crippen molar-refractivity contribution in [2.75, 3.05) is 13.2 Å². The van der Waals surface area contributed by atoms with Crippen LogP contribution in [-0.2, 0) is 16.1 Å². The first-order valence-corrected chi connectivity index (χ1v) is 7.76. The third-order valence-electron chi connectivity index (χ3n) is 3.97. The maximum absolute atomic E-state index is 12.1. The molecule has 1 amide bonds. The number of carbonyl (C=O) groups is 2. The summed E-state index contributed by atoms with van der Waals surface area (Å²) in [5.41, 5.74) is 1.65. The summed E-state index contributed by atoms with van der Waals surface area (Å²) in [6.45, 7) is 1.53. The lowest BCUT2D eigenvalue weighted by Crippen LogP contribution is -2.25. The Morgan fingerprint density at radius 2 is 1.70 bits per heavy atom. The van der Waals surface area contributed by atoms with Gasteiger partial charge in [-0.25, -0.2) is 4.79 Å². The molecule has 1 fully saturated rings. The number of amides is 1. The van der Waals surface area contributed by atoms with E-state index in [1.807, 2.05) is 41.3 Å². The number of benzene rings is 2. The molecule has 4 nitrogen and oxygen atoms in total. The molecule has 118 valence electrons. The quantitative estimate of drug-likeness (QED) is 0.798. The molecule has 23 heavy (non-hydrogen) atoms. The molecule has 4 heteroatoms. The van der Waals surface area contributed by atoms with Crippen LogP contribution >= 0.6 is 0 Å². The number of hydrogen-bond acceptors (Lipinski definition) is 3. The van der Waals surface area contributed by atoms with Gasteiger partial charge in [0.25, 0.3) is 0 Å². The van der Waals surface area contributed by atoms with Gasteiger partial charge in [-0.3, -0.25) is 4.79 Å². The lowest BCUT2D eigenvalue weighted by atomic mass is 10.1. The highest BCUT2D eigenvalue weighted by Gasteiger charge is 2.30. The molecule has 1 atom stereocenters. The summed E-state index contributed by atoms with van der Waals surface area (Å²) < 4.78 is 5.34. The minimum atomic E-state index is -0.334. The van der Waals surface area contributed by atoms with Crippen LogP contribution in [0, 0.1) is 5.92 Å². The van der Waals surface area contributed by atoms with Crippen molar-refractivity contribution in [3.05, 3.63) is 71.8 Å². The number of esters is 1. The van der Waals surface area contributed by atoms with Gasteiger partial charge in [0.2, 0.25) is 5.91 Å². The molecule has 2 aromatic carbocycles. The highest BCUT2D eigenvalue weighted by Crippen LogP contribution is 2.20. The summed E-state index contributed by atoms with van der Waals surface area (Å²) in [5.74, 6) is -0.145. The highest BCUT2D eigenvalue weighted by atomic mass is 16.5. The second-order valence-corrected chi connectivity index (χ2v) is 5.79. The monoisotopic (exact) mass is 309 g/mol. The van der Waals surface area contributed by atoms with Crippen molar-refractivity contribution in [1.82, 2.24) is 4.90 Å². The van der Waals surface area contributed by atoms with Gasteiger partial charge in [0.1, 0.15) is 0 Å². The van der Waals surface area contributed by atoms with E-state index in [-0.39, 0.29) is 24.4 Å². The predicted octanol–water partition coefficient (Wildman–Crippen LogP) is 2.89. The topological polar surface area (TPSA) is 46.6 Å². The Balaban J connectivity index is 1.51. The van der Waals surface area contributed by atoms with Crippen LogP contribution in [0.1, 0.15) is 22.3 Å². The van der Waals surface area contributed by atoms with E-state index in [0.29, 0.717) is 25.1 Å². The summed E-state index contributed by atoms with van der Waals surface area (Å²) in [4.78, 5) is 25.9. The average molecular weight is 309 g/mol. The van der Waals surface area contributed by atoms with Crippen molar-refractivity contribution in [3.63, 3.8) is 0 Å². The van der Waals surface area contributed by atoms with Crippen molar-refractivity contribution in [1.29, 1.82) is 0 Å². The number of ether oxygens (including phenoxy) is 1. The summed E-state index contributed by atoms with van der Waals surface area (Å²) in [6.07, 6.45) is 0.439. The Hall–Kier alpha value is -2.62. The van der Waals surface area contributed by atoms with Gasteiger partial charge in [-0.1, -0.05) is 48.5 Å². The lowest BCUT2D eigenvalue weighted by molar-refractivity contribution is -0.128. The summed E-state index contributed by atoms with van der Waals surface area (Å²) in [7, 11) is 0. The zero-order valence-electron chi connectivity index (χ0n) is 12.9. The predicted molar refractivity (Wildman–Crippen MR) is 86.7 cm³/mol. The van der Waals surface area contributed by atoms with E-state index >= 15 is 0 Å². The zero-order valence-corrected chi connectivity index (χ0v) is 12.9. The molecule has 0 bridgehead atoms. The molecular formula is C19H19NO3. The van der Waals surface area contributed by atoms with Gasteiger partial charge >= 0.3 is 5.97 Å². The molecule has 1 heterocycles. The highest BCUT2D eigenvalue weighted by molar-refractivity contribution is 5.89. The first kappa shape index (κ1) is 15.3. The van der Waals surface area contributed by atoms with Gasteiger partial charge < -0.3 is 9.64 Å². The lowest BCUT2D eigenvalue weighted by Gasteiger charge is -2.16. The van der Waals surface area contributed by atoms with E-state index in [9.17, 15) is 9.59 Å². The number of rotatable bonds is 5. The maximum atomic E-state index is 12.1. The minimum Gasteiger partial charge on any atom is -0.462 e. The number of carbonyl (C=O) groups excluding carboxylic acids is 2. The average Bonchev–Trinajstić information content (AvgIpc) is 2.94. The molecule has 0 saturated carbocycles. The van der Waals surface area contributed by atoms with Gasteiger partial charge in [0.05, 0.1) is 12.2 Å². The number of likely N-dealkylation sites (tertiary alicyclic amines) is 1. The normalized spacial score (nSPS) is 17.3. The Kier molecular flexibility index (Phi) is 4.71. The second-order valence-electron chi connectivity index (χ2n) is 5.79. The van der Waals surface area contributed by atoms with Crippen molar-refractivity contribution in [2.24, 2.45) is 5.92 Å². The summed E-state index contributed by atoms with van der Waals surface area (Å²) in [5, 5.41) is 0. The van der Waals surface area contributed by atoms with Gasteiger partial charge in [-0.15, -0.1) is 0 Å². The second kappa shape index (κ2) is 7.09. The Bertz CT molecular complexity index is 670. The minimum absolute atomic E-state index is 0.0684. The standard InChI is InChI=1S/C19H19NO3/c21-18-11-16(13-20(18)12-15-7-3-1-4-8-15)14-23-19(22)17-9-5-2-6-10-17/h1-10,16H,11-14H2/t16-/m0/s1. The van der Waals surface area contributed by atoms with E-state index in [1.165, 1.54) is 0 Å². The van der Waals surface area contributed by atoms with Gasteiger partial charge in [0, 0.05) is 25.4 Å². The first-order valence-electron chi connectivity index (χ1n) is 7.76. The Morgan fingerprint density at radius 1 is 1.04 bits per heavy atom. The van der Waals surface area contributed by atoms with Crippen molar-refractivity contribution in [3.8, 4) is 0 Å². The number of nitrogens with zero attached hydrogens (tertiary/aromatic N) is 1. The molecule has 1 aliphatic heterocycles. The van der Waals surface area contributed by atoms with Crippen molar-refractivity contribution in [2.45, 2.75) is 13.0 Å². The molecule has 2 aromatic rings. The van der Waals surface area contributed by atoms with E-state index in [1.54, 1.807) is 24.3 Å². The fraction of sp³-hybridized carbons (Fsp3) is 0.263. The molecule has 1 saturated heterocycles. The molecule has 0 spiro atoms. The molecule has 1 aliphatic rings. The van der Waals surface area contributed by atoms with Crippen LogP contribution in [0.3, 0.4) is 0 Å². The van der Waals surface area contributed by atoms with Crippen LogP contribution in [0.5, 0.6) is 0 Å². The van der Waals surface area contributed by atoms with Crippen LogP contribution in [0.15, 0.2) is 60.7 Å².